The molecule has 14 heavy (non-hydrogen) atoms. The Hall–Kier alpha value is -0.0800. The molecule has 2 heteroatoms. The molecule has 0 aromatic heterocycles. The van der Waals surface area contributed by atoms with Gasteiger partial charge < -0.3 is 10.1 Å². The van der Waals surface area contributed by atoms with Gasteiger partial charge in [0.1, 0.15) is 0 Å². The number of nitrogens with one attached hydrogen (secondary N) is 1. The average molecular weight is 201 g/mol. The van der Waals surface area contributed by atoms with E-state index in [4.69, 9.17) is 4.74 Å². The lowest BCUT2D eigenvalue weighted by atomic mass is 10.2. The molecule has 0 saturated carbocycles. The van der Waals surface area contributed by atoms with Crippen LogP contribution in [0, 0.1) is 0 Å². The molecule has 0 spiro atoms. The monoisotopic (exact) mass is 201 g/mol. The van der Waals surface area contributed by atoms with Crippen molar-refractivity contribution in [2.75, 3.05) is 19.7 Å². The molecular formula is C12H27NO. The van der Waals surface area contributed by atoms with E-state index in [1.54, 1.807) is 0 Å². The largest absolute Gasteiger partial charge is 0.379 e. The van der Waals surface area contributed by atoms with E-state index < -0.39 is 0 Å². The van der Waals surface area contributed by atoms with Crippen molar-refractivity contribution in [2.24, 2.45) is 0 Å². The first-order valence-corrected chi connectivity index (χ1v) is 6.09. The predicted molar refractivity (Wildman–Crippen MR) is 62.7 cm³/mol. The van der Waals surface area contributed by atoms with Crippen LogP contribution in [0.15, 0.2) is 0 Å². The summed E-state index contributed by atoms with van der Waals surface area (Å²) < 4.78 is 5.45. The molecule has 0 radical (unpaired) electrons. The van der Waals surface area contributed by atoms with Crippen molar-refractivity contribution < 1.29 is 4.74 Å². The number of unbranched alkanes of at least 4 members (excludes halogenated alkanes) is 3. The Morgan fingerprint density at radius 2 is 1.71 bits per heavy atom. The molecule has 0 aromatic carbocycles. The molecule has 0 rings (SSSR count). The van der Waals surface area contributed by atoms with Crippen molar-refractivity contribution >= 4 is 0 Å². The Labute approximate surface area is 89.4 Å². The fourth-order valence-corrected chi connectivity index (χ4v) is 1.32. The predicted octanol–water partition coefficient (Wildman–Crippen LogP) is 2.97. The topological polar surface area (TPSA) is 21.3 Å². The first-order valence-electron chi connectivity index (χ1n) is 6.09. The quantitative estimate of drug-likeness (QED) is 0.549. The fourth-order valence-electron chi connectivity index (χ4n) is 1.32. The molecule has 0 fully saturated rings. The third kappa shape index (κ3) is 11.9. The first kappa shape index (κ1) is 13.9. The van der Waals surface area contributed by atoms with Gasteiger partial charge in [-0.1, -0.05) is 26.2 Å². The zero-order valence-corrected chi connectivity index (χ0v) is 10.1. The zero-order chi connectivity index (χ0) is 10.6. The summed E-state index contributed by atoms with van der Waals surface area (Å²) in [5.41, 5.74) is 0. The highest BCUT2D eigenvalue weighted by Crippen LogP contribution is 1.97. The maximum atomic E-state index is 5.45. The lowest BCUT2D eigenvalue weighted by Gasteiger charge is -2.07. The summed E-state index contributed by atoms with van der Waals surface area (Å²) >= 11 is 0. The normalized spacial score (nSPS) is 11.1. The molecule has 0 saturated heterocycles. The van der Waals surface area contributed by atoms with E-state index in [-0.39, 0.29) is 0 Å². The van der Waals surface area contributed by atoms with Gasteiger partial charge in [0, 0.05) is 6.61 Å². The second kappa shape index (κ2) is 11.0. The van der Waals surface area contributed by atoms with Crippen LogP contribution in [0.25, 0.3) is 0 Å². The number of hydrogen-bond donors (Lipinski definition) is 1. The number of hydrogen-bond acceptors (Lipinski definition) is 2. The van der Waals surface area contributed by atoms with Crippen molar-refractivity contribution in [1.82, 2.24) is 5.32 Å². The standard InChI is InChI=1S/C12H27NO/c1-4-5-6-7-9-13-10-8-11-14-12(2)3/h12-13H,4-11H2,1-3H3. The number of rotatable bonds is 10. The highest BCUT2D eigenvalue weighted by atomic mass is 16.5. The van der Waals surface area contributed by atoms with Crippen LogP contribution in [0.1, 0.15) is 52.9 Å². The zero-order valence-electron chi connectivity index (χ0n) is 10.1. The van der Waals surface area contributed by atoms with Gasteiger partial charge in [-0.05, 0) is 39.8 Å². The lowest BCUT2D eigenvalue weighted by molar-refractivity contribution is 0.0771. The maximum Gasteiger partial charge on any atom is 0.0518 e. The summed E-state index contributed by atoms with van der Waals surface area (Å²) in [4.78, 5) is 0. The maximum absolute atomic E-state index is 5.45. The first-order chi connectivity index (χ1) is 6.77. The molecule has 0 amide bonds. The summed E-state index contributed by atoms with van der Waals surface area (Å²) in [6.45, 7) is 9.56. The summed E-state index contributed by atoms with van der Waals surface area (Å²) in [5, 5.41) is 3.44. The van der Waals surface area contributed by atoms with Gasteiger partial charge in [0.25, 0.3) is 0 Å². The van der Waals surface area contributed by atoms with Gasteiger partial charge in [-0.25, -0.2) is 0 Å². The van der Waals surface area contributed by atoms with E-state index in [9.17, 15) is 0 Å². The van der Waals surface area contributed by atoms with Gasteiger partial charge in [-0.15, -0.1) is 0 Å². The molecule has 2 nitrogen and oxygen atoms in total. The Morgan fingerprint density at radius 1 is 1.00 bits per heavy atom. The van der Waals surface area contributed by atoms with E-state index in [2.05, 4.69) is 26.1 Å². The van der Waals surface area contributed by atoms with Crippen molar-refractivity contribution in [3.63, 3.8) is 0 Å². The minimum absolute atomic E-state index is 0.375. The van der Waals surface area contributed by atoms with Gasteiger partial charge in [-0.3, -0.25) is 0 Å². The average Bonchev–Trinajstić information content (AvgIpc) is 2.15. The number of ether oxygens (including phenoxy) is 1. The molecule has 0 aliphatic carbocycles. The summed E-state index contributed by atoms with van der Waals surface area (Å²) in [5.74, 6) is 0. The van der Waals surface area contributed by atoms with E-state index in [0.717, 1.165) is 19.6 Å². The molecule has 0 bridgehead atoms. The summed E-state index contributed by atoms with van der Waals surface area (Å²) in [6.07, 6.45) is 6.89. The fraction of sp³-hybridized carbons (Fsp3) is 1.00. The van der Waals surface area contributed by atoms with Gasteiger partial charge in [-0.2, -0.15) is 0 Å². The van der Waals surface area contributed by atoms with E-state index >= 15 is 0 Å². The highest BCUT2D eigenvalue weighted by molar-refractivity contribution is 4.49. The second-order valence-corrected chi connectivity index (χ2v) is 4.08. The SMILES string of the molecule is CCCCCCNCCCOC(C)C. The van der Waals surface area contributed by atoms with Crippen LogP contribution < -0.4 is 5.32 Å². The van der Waals surface area contributed by atoms with Crippen molar-refractivity contribution in [3.8, 4) is 0 Å². The van der Waals surface area contributed by atoms with Gasteiger partial charge >= 0.3 is 0 Å². The minimum atomic E-state index is 0.375. The van der Waals surface area contributed by atoms with Crippen LogP contribution in [0.2, 0.25) is 0 Å². The Bertz CT molecular complexity index is 104. The molecule has 0 unspecified atom stereocenters. The molecule has 0 heterocycles. The molecule has 0 aromatic rings. The Morgan fingerprint density at radius 3 is 2.36 bits per heavy atom. The molecule has 0 aliphatic rings. The Balaban J connectivity index is 2.85. The highest BCUT2D eigenvalue weighted by Gasteiger charge is 1.92. The van der Waals surface area contributed by atoms with Crippen molar-refractivity contribution in [1.29, 1.82) is 0 Å². The molecular weight excluding hydrogens is 174 g/mol. The van der Waals surface area contributed by atoms with E-state index in [1.807, 2.05) is 0 Å². The smallest absolute Gasteiger partial charge is 0.0518 e. The van der Waals surface area contributed by atoms with E-state index in [1.165, 1.54) is 32.2 Å². The van der Waals surface area contributed by atoms with Gasteiger partial charge in [0.2, 0.25) is 0 Å². The molecule has 1 N–H and O–H groups in total. The van der Waals surface area contributed by atoms with Gasteiger partial charge in [0.15, 0.2) is 0 Å². The van der Waals surface area contributed by atoms with Crippen molar-refractivity contribution in [2.45, 2.75) is 59.0 Å². The molecule has 0 aliphatic heterocycles. The lowest BCUT2D eigenvalue weighted by Crippen LogP contribution is -2.18. The third-order valence-corrected chi connectivity index (χ3v) is 2.16. The van der Waals surface area contributed by atoms with Gasteiger partial charge in [0.05, 0.1) is 6.10 Å². The molecule has 0 atom stereocenters. The van der Waals surface area contributed by atoms with Crippen LogP contribution in [0.5, 0.6) is 0 Å². The van der Waals surface area contributed by atoms with E-state index in [0.29, 0.717) is 6.10 Å². The minimum Gasteiger partial charge on any atom is -0.379 e. The second-order valence-electron chi connectivity index (χ2n) is 4.08. The van der Waals surface area contributed by atoms with Crippen LogP contribution >= 0.6 is 0 Å². The van der Waals surface area contributed by atoms with Crippen LogP contribution in [0.3, 0.4) is 0 Å². The van der Waals surface area contributed by atoms with Crippen LogP contribution in [0.4, 0.5) is 0 Å². The van der Waals surface area contributed by atoms with Crippen molar-refractivity contribution in [3.05, 3.63) is 0 Å². The molecule has 86 valence electrons. The summed E-state index contributed by atoms with van der Waals surface area (Å²) in [6, 6.07) is 0. The van der Waals surface area contributed by atoms with Crippen LogP contribution in [-0.4, -0.2) is 25.8 Å². The van der Waals surface area contributed by atoms with Crippen LogP contribution in [-0.2, 0) is 4.74 Å². The third-order valence-electron chi connectivity index (χ3n) is 2.16. The Kier molecular flexibility index (Phi) is 10.9. The summed E-state index contributed by atoms with van der Waals surface area (Å²) in [7, 11) is 0.